The lowest BCUT2D eigenvalue weighted by Gasteiger charge is -2.22. The van der Waals surface area contributed by atoms with Crippen molar-refractivity contribution in [2.75, 3.05) is 0 Å². The third-order valence-electron chi connectivity index (χ3n) is 8.25. The molecule has 38 heavy (non-hydrogen) atoms. The van der Waals surface area contributed by atoms with Crippen LogP contribution >= 0.6 is 0 Å². The van der Waals surface area contributed by atoms with Gasteiger partial charge in [0.25, 0.3) is 0 Å². The molecule has 0 saturated heterocycles. The summed E-state index contributed by atoms with van der Waals surface area (Å²) in [5, 5.41) is 21.9. The van der Waals surface area contributed by atoms with Crippen LogP contribution in [0, 0.1) is 0 Å². The van der Waals surface area contributed by atoms with Crippen molar-refractivity contribution >= 4 is 40.1 Å². The first-order valence-corrected chi connectivity index (χ1v) is 13.2. The topological polar surface area (TPSA) is 45.4 Å². The third kappa shape index (κ3) is 3.38. The van der Waals surface area contributed by atoms with Gasteiger partial charge in [0.2, 0.25) is 0 Å². The summed E-state index contributed by atoms with van der Waals surface area (Å²) >= 11 is 0. The molecule has 0 saturated carbocycles. The van der Waals surface area contributed by atoms with Crippen LogP contribution in [0.1, 0.15) is 31.4 Å². The molecule has 0 fully saturated rings. The first-order chi connectivity index (χ1) is 18.4. The van der Waals surface area contributed by atoms with E-state index < -0.39 is 7.12 Å². The molecule has 7 rings (SSSR count). The minimum absolute atomic E-state index is 0.0736. The van der Waals surface area contributed by atoms with Crippen LogP contribution in [0.3, 0.4) is 0 Å². The highest BCUT2D eigenvalue weighted by molar-refractivity contribution is 6.58. The zero-order valence-electron chi connectivity index (χ0n) is 21.5. The average Bonchev–Trinajstić information content (AvgIpc) is 3.18. The standard InChI is InChI=1S/C34H28BNO2/c1-34(2)30-15-8-7-14-26(30)28-20-29-27-17-16-23(22-10-9-11-24(18-22)35(37)38)19-32(27)36(33(29)21-31(28)34)25-12-5-3-4-6-13-25/h3-12,14-21,37-38H,13H2,1-2H3. The van der Waals surface area contributed by atoms with E-state index in [1.165, 1.54) is 44.2 Å². The second kappa shape index (κ2) is 8.45. The molecule has 5 aromatic rings. The highest BCUT2D eigenvalue weighted by atomic mass is 16.4. The first-order valence-electron chi connectivity index (χ1n) is 13.2. The van der Waals surface area contributed by atoms with Gasteiger partial charge in [-0.2, -0.15) is 0 Å². The average molecular weight is 493 g/mol. The van der Waals surface area contributed by atoms with Gasteiger partial charge in [-0.1, -0.05) is 98.8 Å². The number of allylic oxidation sites excluding steroid dienone is 6. The third-order valence-corrected chi connectivity index (χ3v) is 8.25. The van der Waals surface area contributed by atoms with Gasteiger partial charge in [0.1, 0.15) is 0 Å². The van der Waals surface area contributed by atoms with E-state index in [1.54, 1.807) is 6.07 Å². The van der Waals surface area contributed by atoms with Crippen LogP contribution in [0.2, 0.25) is 0 Å². The Balaban J connectivity index is 1.54. The molecule has 0 bridgehead atoms. The number of benzene rings is 4. The quantitative estimate of drug-likeness (QED) is 0.272. The van der Waals surface area contributed by atoms with Crippen LogP contribution in [0.15, 0.2) is 109 Å². The van der Waals surface area contributed by atoms with E-state index in [0.717, 1.165) is 23.1 Å². The fourth-order valence-corrected chi connectivity index (χ4v) is 6.31. The zero-order valence-corrected chi connectivity index (χ0v) is 21.5. The molecule has 0 amide bonds. The Labute approximate surface area is 222 Å². The van der Waals surface area contributed by atoms with Crippen LogP contribution in [0.4, 0.5) is 0 Å². The van der Waals surface area contributed by atoms with Crippen molar-refractivity contribution in [3.63, 3.8) is 0 Å². The molecule has 0 radical (unpaired) electrons. The lowest BCUT2D eigenvalue weighted by molar-refractivity contribution is 0.426. The number of hydrogen-bond acceptors (Lipinski definition) is 2. The summed E-state index contributed by atoms with van der Waals surface area (Å²) in [6, 6.07) is 27.7. The monoisotopic (exact) mass is 493 g/mol. The number of hydrogen-bond donors (Lipinski definition) is 2. The fourth-order valence-electron chi connectivity index (χ4n) is 6.31. The maximum Gasteiger partial charge on any atom is 0.488 e. The Morgan fingerprint density at radius 3 is 2.39 bits per heavy atom. The second-order valence-electron chi connectivity index (χ2n) is 10.8. The van der Waals surface area contributed by atoms with Crippen molar-refractivity contribution in [3.05, 3.63) is 120 Å². The number of rotatable bonds is 3. The summed E-state index contributed by atoms with van der Waals surface area (Å²) < 4.78 is 2.41. The number of nitrogens with zero attached hydrogens (tertiary/aromatic N) is 1. The molecular formula is C34H28BNO2. The van der Waals surface area contributed by atoms with E-state index in [0.29, 0.717) is 5.46 Å². The lowest BCUT2D eigenvalue weighted by Crippen LogP contribution is -2.29. The summed E-state index contributed by atoms with van der Waals surface area (Å²) in [4.78, 5) is 0. The molecule has 3 nitrogen and oxygen atoms in total. The Morgan fingerprint density at radius 2 is 1.53 bits per heavy atom. The van der Waals surface area contributed by atoms with Gasteiger partial charge in [-0.3, -0.25) is 0 Å². The van der Waals surface area contributed by atoms with Gasteiger partial charge in [0.15, 0.2) is 0 Å². The van der Waals surface area contributed by atoms with E-state index in [1.807, 2.05) is 18.2 Å². The molecule has 0 unspecified atom stereocenters. The molecule has 4 heteroatoms. The normalized spacial score (nSPS) is 15.4. The second-order valence-corrected chi connectivity index (χ2v) is 10.8. The molecule has 0 aliphatic heterocycles. The maximum absolute atomic E-state index is 9.73. The van der Waals surface area contributed by atoms with E-state index >= 15 is 0 Å². The minimum Gasteiger partial charge on any atom is -0.423 e. The Morgan fingerprint density at radius 1 is 0.711 bits per heavy atom. The van der Waals surface area contributed by atoms with Gasteiger partial charge < -0.3 is 14.6 Å². The SMILES string of the molecule is CC1(C)c2ccccc2-c2cc3c4ccc(-c5cccc(B(O)O)c5)cc4n(C4=CC=CC=CC4)c3cc21. The summed E-state index contributed by atoms with van der Waals surface area (Å²) in [6.07, 6.45) is 11.5. The molecule has 2 N–H and O–H groups in total. The summed E-state index contributed by atoms with van der Waals surface area (Å²) in [5.74, 6) is 0. The van der Waals surface area contributed by atoms with Crippen molar-refractivity contribution in [1.82, 2.24) is 4.57 Å². The molecule has 2 aliphatic rings. The van der Waals surface area contributed by atoms with Crippen LogP contribution in [0.5, 0.6) is 0 Å². The van der Waals surface area contributed by atoms with E-state index in [9.17, 15) is 10.0 Å². The smallest absolute Gasteiger partial charge is 0.423 e. The van der Waals surface area contributed by atoms with Gasteiger partial charge in [0, 0.05) is 28.3 Å². The summed E-state index contributed by atoms with van der Waals surface area (Å²) in [6.45, 7) is 4.65. The highest BCUT2D eigenvalue weighted by Gasteiger charge is 2.36. The van der Waals surface area contributed by atoms with Gasteiger partial charge in [-0.15, -0.1) is 0 Å². The Kier molecular flexibility index (Phi) is 5.12. The molecule has 2 aliphatic carbocycles. The van der Waals surface area contributed by atoms with Crippen molar-refractivity contribution in [3.8, 4) is 22.3 Å². The number of fused-ring (bicyclic) bond motifs is 6. The van der Waals surface area contributed by atoms with Gasteiger partial charge in [0.05, 0.1) is 11.0 Å². The van der Waals surface area contributed by atoms with Gasteiger partial charge >= 0.3 is 7.12 Å². The molecule has 4 aromatic carbocycles. The molecular weight excluding hydrogens is 465 g/mol. The van der Waals surface area contributed by atoms with Crippen molar-refractivity contribution < 1.29 is 10.0 Å². The van der Waals surface area contributed by atoms with E-state index in [4.69, 9.17) is 0 Å². The molecule has 1 aromatic heterocycles. The Hall–Kier alpha value is -4.12. The molecule has 0 atom stereocenters. The first kappa shape index (κ1) is 23.0. The van der Waals surface area contributed by atoms with Gasteiger partial charge in [-0.25, -0.2) is 0 Å². The van der Waals surface area contributed by atoms with Gasteiger partial charge in [-0.05, 0) is 63.1 Å². The Bertz CT molecular complexity index is 1850. The predicted octanol–water partition coefficient (Wildman–Crippen LogP) is 6.80. The highest BCUT2D eigenvalue weighted by Crippen LogP contribution is 2.51. The van der Waals surface area contributed by atoms with E-state index in [-0.39, 0.29) is 5.41 Å². The lowest BCUT2D eigenvalue weighted by atomic mass is 9.79. The number of aromatic nitrogens is 1. The largest absolute Gasteiger partial charge is 0.488 e. The van der Waals surface area contributed by atoms with Crippen LogP contribution in [-0.2, 0) is 5.41 Å². The maximum atomic E-state index is 9.73. The van der Waals surface area contributed by atoms with Crippen LogP contribution in [0.25, 0.3) is 49.8 Å². The van der Waals surface area contributed by atoms with Crippen molar-refractivity contribution in [2.24, 2.45) is 0 Å². The minimum atomic E-state index is -1.49. The molecule has 0 spiro atoms. The van der Waals surface area contributed by atoms with Crippen LogP contribution < -0.4 is 5.46 Å². The predicted molar refractivity (Wildman–Crippen MR) is 159 cm³/mol. The van der Waals surface area contributed by atoms with Crippen molar-refractivity contribution in [2.45, 2.75) is 25.7 Å². The van der Waals surface area contributed by atoms with Crippen LogP contribution in [-0.4, -0.2) is 21.7 Å². The zero-order chi connectivity index (χ0) is 26.0. The summed E-state index contributed by atoms with van der Waals surface area (Å²) in [5.41, 5.74) is 11.4. The van der Waals surface area contributed by atoms with E-state index in [2.05, 4.69) is 103 Å². The van der Waals surface area contributed by atoms with Crippen molar-refractivity contribution in [1.29, 1.82) is 0 Å². The fraction of sp³-hybridized carbons (Fsp3) is 0.118. The molecule has 1 heterocycles. The summed E-state index contributed by atoms with van der Waals surface area (Å²) in [7, 11) is -1.49. The molecule has 184 valence electrons.